The van der Waals surface area contributed by atoms with Gasteiger partial charge in [0.1, 0.15) is 5.78 Å². The first kappa shape index (κ1) is 26.6. The van der Waals surface area contributed by atoms with Crippen LogP contribution in [-0.2, 0) is 4.79 Å². The van der Waals surface area contributed by atoms with Crippen LogP contribution in [0.5, 0.6) is 0 Å². The van der Waals surface area contributed by atoms with Crippen LogP contribution in [0.3, 0.4) is 0 Å². The minimum absolute atomic E-state index is 0.288. The summed E-state index contributed by atoms with van der Waals surface area (Å²) in [4.78, 5) is 11.7. The molecule has 0 bridgehead atoms. The van der Waals surface area contributed by atoms with Gasteiger partial charge in [0.2, 0.25) is 0 Å². The third kappa shape index (κ3) is 17.4. The standard InChI is InChI=1S/C23H46O4/c1-3-4-5-6-7-8-9-10-11-12-13-14-15-16-17-18-19-20-22(24)21(2)23(25,26)27/h21,25-27H,3-20H2,1-2H3. The molecule has 1 unspecified atom stereocenters. The van der Waals surface area contributed by atoms with Crippen molar-refractivity contribution in [3.05, 3.63) is 0 Å². The molecule has 0 rings (SSSR count). The van der Waals surface area contributed by atoms with Crippen molar-refractivity contribution in [3.63, 3.8) is 0 Å². The lowest BCUT2D eigenvalue weighted by Crippen LogP contribution is -2.40. The van der Waals surface area contributed by atoms with Crippen LogP contribution in [0.2, 0.25) is 0 Å². The van der Waals surface area contributed by atoms with Crippen LogP contribution in [0.15, 0.2) is 0 Å². The number of hydrogen-bond donors (Lipinski definition) is 3. The number of carbonyl (C=O) groups is 1. The molecule has 0 saturated carbocycles. The van der Waals surface area contributed by atoms with Gasteiger partial charge >= 0.3 is 0 Å². The Morgan fingerprint density at radius 2 is 0.926 bits per heavy atom. The molecule has 0 spiro atoms. The van der Waals surface area contributed by atoms with Crippen molar-refractivity contribution in [3.8, 4) is 0 Å². The van der Waals surface area contributed by atoms with Crippen LogP contribution >= 0.6 is 0 Å². The van der Waals surface area contributed by atoms with Gasteiger partial charge in [0.05, 0.1) is 5.92 Å². The third-order valence-corrected chi connectivity index (χ3v) is 5.59. The zero-order valence-corrected chi connectivity index (χ0v) is 18.1. The van der Waals surface area contributed by atoms with Gasteiger partial charge in [-0.3, -0.25) is 4.79 Å². The number of unbranched alkanes of at least 4 members (excludes halogenated alkanes) is 16. The normalized spacial score (nSPS) is 13.1. The van der Waals surface area contributed by atoms with Gasteiger partial charge in [0.25, 0.3) is 5.97 Å². The molecule has 0 heterocycles. The summed E-state index contributed by atoms with van der Waals surface area (Å²) in [5.41, 5.74) is 0. The molecule has 0 fully saturated rings. The average molecular weight is 387 g/mol. The first-order valence-electron chi connectivity index (χ1n) is 11.6. The van der Waals surface area contributed by atoms with E-state index in [1.165, 1.54) is 96.8 Å². The number of rotatable bonds is 20. The maximum absolute atomic E-state index is 11.7. The smallest absolute Gasteiger partial charge is 0.285 e. The molecule has 4 nitrogen and oxygen atoms in total. The number of ketones is 1. The molecule has 0 aromatic rings. The van der Waals surface area contributed by atoms with Crippen molar-refractivity contribution >= 4 is 5.78 Å². The summed E-state index contributed by atoms with van der Waals surface area (Å²) in [6.07, 6.45) is 22.3. The lowest BCUT2D eigenvalue weighted by atomic mass is 9.98. The molecule has 0 aliphatic heterocycles. The maximum atomic E-state index is 11.7. The highest BCUT2D eigenvalue weighted by molar-refractivity contribution is 5.81. The molecule has 1 atom stereocenters. The Morgan fingerprint density at radius 1 is 0.630 bits per heavy atom. The molecule has 0 aliphatic carbocycles. The molecule has 0 amide bonds. The summed E-state index contributed by atoms with van der Waals surface area (Å²) < 4.78 is 0. The minimum atomic E-state index is -2.88. The molecule has 162 valence electrons. The largest absolute Gasteiger partial charge is 0.343 e. The van der Waals surface area contributed by atoms with Crippen molar-refractivity contribution in [2.24, 2.45) is 5.92 Å². The van der Waals surface area contributed by atoms with E-state index in [4.69, 9.17) is 15.3 Å². The van der Waals surface area contributed by atoms with Gasteiger partial charge < -0.3 is 15.3 Å². The number of aliphatic hydroxyl groups is 3. The van der Waals surface area contributed by atoms with Crippen molar-refractivity contribution in [2.45, 2.75) is 135 Å². The zero-order chi connectivity index (χ0) is 20.4. The lowest BCUT2D eigenvalue weighted by Gasteiger charge is -2.20. The van der Waals surface area contributed by atoms with Crippen LogP contribution in [0.1, 0.15) is 129 Å². The molecule has 0 aromatic heterocycles. The van der Waals surface area contributed by atoms with E-state index >= 15 is 0 Å². The summed E-state index contributed by atoms with van der Waals surface area (Å²) in [5, 5.41) is 27.0. The fourth-order valence-corrected chi connectivity index (χ4v) is 3.46. The minimum Gasteiger partial charge on any atom is -0.343 e. The van der Waals surface area contributed by atoms with E-state index in [1.807, 2.05) is 0 Å². The van der Waals surface area contributed by atoms with Crippen molar-refractivity contribution in [1.82, 2.24) is 0 Å². The summed E-state index contributed by atoms with van der Waals surface area (Å²) in [6.45, 7) is 3.61. The highest BCUT2D eigenvalue weighted by Crippen LogP contribution is 2.17. The molecule has 0 aliphatic rings. The molecule has 0 aromatic carbocycles. The van der Waals surface area contributed by atoms with E-state index < -0.39 is 11.9 Å². The van der Waals surface area contributed by atoms with Crippen molar-refractivity contribution in [1.29, 1.82) is 0 Å². The van der Waals surface area contributed by atoms with Gasteiger partial charge in [0.15, 0.2) is 0 Å². The van der Waals surface area contributed by atoms with Crippen LogP contribution < -0.4 is 0 Å². The van der Waals surface area contributed by atoms with Crippen LogP contribution in [0, 0.1) is 5.92 Å². The van der Waals surface area contributed by atoms with E-state index in [9.17, 15) is 4.79 Å². The Kier molecular flexibility index (Phi) is 17.3. The van der Waals surface area contributed by atoms with E-state index in [1.54, 1.807) is 0 Å². The van der Waals surface area contributed by atoms with Gasteiger partial charge in [-0.1, -0.05) is 110 Å². The van der Waals surface area contributed by atoms with Crippen LogP contribution in [0.25, 0.3) is 0 Å². The van der Waals surface area contributed by atoms with E-state index in [-0.39, 0.29) is 5.78 Å². The summed E-state index contributed by atoms with van der Waals surface area (Å²) >= 11 is 0. The average Bonchev–Trinajstić information content (AvgIpc) is 2.62. The molecule has 3 N–H and O–H groups in total. The maximum Gasteiger partial charge on any atom is 0.285 e. The van der Waals surface area contributed by atoms with E-state index in [0.717, 1.165) is 19.3 Å². The number of carbonyl (C=O) groups excluding carboxylic acids is 1. The predicted molar refractivity (Wildman–Crippen MR) is 112 cm³/mol. The van der Waals surface area contributed by atoms with Gasteiger partial charge in [-0.25, -0.2) is 0 Å². The fraction of sp³-hybridized carbons (Fsp3) is 0.957. The first-order chi connectivity index (χ1) is 12.9. The van der Waals surface area contributed by atoms with E-state index in [2.05, 4.69) is 6.92 Å². The Bertz CT molecular complexity index is 336. The quantitative estimate of drug-likeness (QED) is 0.181. The summed E-state index contributed by atoms with van der Waals surface area (Å²) in [7, 11) is 0. The lowest BCUT2D eigenvalue weighted by molar-refractivity contribution is -0.331. The summed E-state index contributed by atoms with van der Waals surface area (Å²) in [5.74, 6) is -4.31. The van der Waals surface area contributed by atoms with Crippen molar-refractivity contribution in [2.75, 3.05) is 0 Å². The predicted octanol–water partition coefficient (Wildman–Crippen LogP) is 5.86. The number of Topliss-reactive ketones (excluding diaryl/α,β-unsaturated/α-hetero) is 1. The van der Waals surface area contributed by atoms with Gasteiger partial charge in [0, 0.05) is 6.42 Å². The molecule has 4 heteroatoms. The zero-order valence-electron chi connectivity index (χ0n) is 18.1. The van der Waals surface area contributed by atoms with E-state index in [0.29, 0.717) is 6.42 Å². The topological polar surface area (TPSA) is 77.8 Å². The highest BCUT2D eigenvalue weighted by atomic mass is 16.7. The molecule has 0 saturated heterocycles. The monoisotopic (exact) mass is 386 g/mol. The number of hydrogen-bond acceptors (Lipinski definition) is 4. The fourth-order valence-electron chi connectivity index (χ4n) is 3.46. The Morgan fingerprint density at radius 3 is 1.22 bits per heavy atom. The second kappa shape index (κ2) is 17.6. The van der Waals surface area contributed by atoms with Gasteiger partial charge in [-0.15, -0.1) is 0 Å². The first-order valence-corrected chi connectivity index (χ1v) is 11.6. The Hall–Kier alpha value is -0.450. The van der Waals surface area contributed by atoms with Crippen LogP contribution in [0.4, 0.5) is 0 Å². The van der Waals surface area contributed by atoms with Crippen LogP contribution in [-0.4, -0.2) is 27.1 Å². The van der Waals surface area contributed by atoms with Crippen molar-refractivity contribution < 1.29 is 20.1 Å². The summed E-state index contributed by atoms with van der Waals surface area (Å²) in [6, 6.07) is 0. The third-order valence-electron chi connectivity index (χ3n) is 5.59. The second-order valence-electron chi connectivity index (χ2n) is 8.28. The molecular formula is C23H46O4. The molecular weight excluding hydrogens is 340 g/mol. The highest BCUT2D eigenvalue weighted by Gasteiger charge is 2.33. The Labute approximate surface area is 167 Å². The Balaban J connectivity index is 3.22. The SMILES string of the molecule is CCCCCCCCCCCCCCCCCCCC(=O)C(C)C(O)(O)O. The van der Waals surface area contributed by atoms with Gasteiger partial charge in [-0.05, 0) is 13.3 Å². The molecule has 27 heavy (non-hydrogen) atoms. The second-order valence-corrected chi connectivity index (χ2v) is 8.28. The molecule has 0 radical (unpaired) electrons. The van der Waals surface area contributed by atoms with Gasteiger partial charge in [-0.2, -0.15) is 0 Å².